The molecule has 0 bridgehead atoms. The molecule has 0 fully saturated rings. The molecule has 6 heteroatoms. The molecule has 12 aromatic rings. The van der Waals surface area contributed by atoms with Crippen molar-refractivity contribution in [3.8, 4) is 102 Å². The predicted octanol–water partition coefficient (Wildman–Crippen LogP) is 15.1. The van der Waals surface area contributed by atoms with Gasteiger partial charge >= 0.3 is 0 Å². The minimum atomic E-state index is 0.608. The van der Waals surface area contributed by atoms with E-state index in [1.165, 1.54) is 0 Å². The summed E-state index contributed by atoms with van der Waals surface area (Å²) in [5.41, 5.74) is 14.5. The molecule has 0 unspecified atom stereocenters. The van der Waals surface area contributed by atoms with Gasteiger partial charge in [-0.2, -0.15) is 0 Å². The van der Waals surface area contributed by atoms with Crippen LogP contribution in [0.4, 0.5) is 0 Å². The van der Waals surface area contributed by atoms with E-state index in [1.807, 2.05) is 24.3 Å². The number of hydrogen-bond acceptors (Lipinski definition) is 5. The van der Waals surface area contributed by atoms with Crippen LogP contribution in [0.15, 0.2) is 243 Å². The fraction of sp³-hybridized carbons (Fsp3) is 0. The third-order valence-electron chi connectivity index (χ3n) is 12.3. The van der Waals surface area contributed by atoms with Gasteiger partial charge in [-0.25, -0.2) is 24.9 Å². The SMILES string of the molecule is c1ccc(-c2ccc(-c3nc(-c4ccc(-c5ccccc5)cc4)nc(-c4ccc(-c5ccc(-c6nc(-c7ccccc7)n7c(-c8ccccc8)c8ccccc8c7n6)cc5)cc4)n3)cc2)cc1. The van der Waals surface area contributed by atoms with Crippen LogP contribution in [0.25, 0.3) is 118 Å². The highest BCUT2D eigenvalue weighted by atomic mass is 15.1. The Bertz CT molecular complexity index is 3570. The van der Waals surface area contributed by atoms with Crippen molar-refractivity contribution in [3.63, 3.8) is 0 Å². The summed E-state index contributed by atoms with van der Waals surface area (Å²) in [6, 6.07) is 84.0. The molecule has 0 aliphatic heterocycles. The number of nitrogens with zero attached hydrogens (tertiary/aromatic N) is 6. The topological polar surface area (TPSA) is 68.9 Å². The number of benzene rings is 9. The molecule has 3 heterocycles. The summed E-state index contributed by atoms with van der Waals surface area (Å²) in [5, 5.41) is 2.22. The molecule has 0 aliphatic rings. The molecular weight excluding hydrogens is 817 g/mol. The van der Waals surface area contributed by atoms with Crippen LogP contribution < -0.4 is 0 Å². The second kappa shape index (κ2) is 17.1. The highest BCUT2D eigenvalue weighted by Crippen LogP contribution is 2.38. The predicted molar refractivity (Wildman–Crippen MR) is 273 cm³/mol. The Morgan fingerprint density at radius 3 is 0.881 bits per heavy atom. The Morgan fingerprint density at radius 1 is 0.209 bits per heavy atom. The molecule has 0 atom stereocenters. The molecule has 314 valence electrons. The first kappa shape index (κ1) is 39.5. The molecule has 67 heavy (non-hydrogen) atoms. The van der Waals surface area contributed by atoms with Gasteiger partial charge in [0.2, 0.25) is 0 Å². The van der Waals surface area contributed by atoms with Gasteiger partial charge in [-0.15, -0.1) is 0 Å². The minimum absolute atomic E-state index is 0.608. The van der Waals surface area contributed by atoms with Crippen LogP contribution in [0, 0.1) is 0 Å². The normalized spacial score (nSPS) is 11.3. The maximum absolute atomic E-state index is 5.30. The van der Waals surface area contributed by atoms with Crippen LogP contribution in [0.3, 0.4) is 0 Å². The Hall–Kier alpha value is -9.13. The van der Waals surface area contributed by atoms with E-state index in [0.717, 1.165) is 94.7 Å². The van der Waals surface area contributed by atoms with Crippen molar-refractivity contribution in [2.75, 3.05) is 0 Å². The number of fused-ring (bicyclic) bond motifs is 3. The molecule has 6 nitrogen and oxygen atoms in total. The molecular formula is C61H40N6. The Kier molecular flexibility index (Phi) is 10.1. The molecule has 0 amide bonds. The maximum atomic E-state index is 5.30. The standard InChI is InChI=1S/C61H40N6/c1-5-15-41(16-6-1)43-25-33-48(34-26-43)56-62-57(49-35-27-44(28-36-49)42-17-7-2-8-18-42)64-58(63-56)50-37-29-45(30-38-50)46-31-39-51(40-32-46)59-65-60(52-21-11-4-12-22-52)67-55(47-19-9-3-10-20-47)53-23-13-14-24-54(53)61(67)66-59/h1-40H. The Balaban J connectivity index is 0.891. The molecule has 12 rings (SSSR count). The summed E-state index contributed by atoms with van der Waals surface area (Å²) in [6.45, 7) is 0. The van der Waals surface area contributed by atoms with E-state index >= 15 is 0 Å². The number of rotatable bonds is 9. The lowest BCUT2D eigenvalue weighted by atomic mass is 10.0. The van der Waals surface area contributed by atoms with Gasteiger partial charge in [-0.05, 0) is 38.9 Å². The largest absolute Gasteiger partial charge is 0.277 e. The van der Waals surface area contributed by atoms with E-state index in [9.17, 15) is 0 Å². The van der Waals surface area contributed by atoms with Gasteiger partial charge in [0, 0.05) is 38.6 Å². The molecule has 9 aromatic carbocycles. The average Bonchev–Trinajstić information content (AvgIpc) is 3.76. The third kappa shape index (κ3) is 7.62. The first-order valence-corrected chi connectivity index (χ1v) is 22.4. The summed E-state index contributed by atoms with van der Waals surface area (Å²) in [7, 11) is 0. The summed E-state index contributed by atoms with van der Waals surface area (Å²) >= 11 is 0. The number of hydrogen-bond donors (Lipinski definition) is 0. The molecule has 0 saturated carbocycles. The summed E-state index contributed by atoms with van der Waals surface area (Å²) < 4.78 is 2.22. The first-order chi connectivity index (χ1) is 33.2. The summed E-state index contributed by atoms with van der Waals surface area (Å²) in [5.74, 6) is 3.35. The van der Waals surface area contributed by atoms with Crippen molar-refractivity contribution in [2.24, 2.45) is 0 Å². The smallest absolute Gasteiger partial charge is 0.164 e. The lowest BCUT2D eigenvalue weighted by Crippen LogP contribution is -2.03. The zero-order valence-corrected chi connectivity index (χ0v) is 36.3. The van der Waals surface area contributed by atoms with E-state index < -0.39 is 0 Å². The van der Waals surface area contributed by atoms with Crippen LogP contribution in [0.5, 0.6) is 0 Å². The van der Waals surface area contributed by atoms with E-state index in [4.69, 9.17) is 24.9 Å². The number of aromatic nitrogens is 6. The molecule has 0 N–H and O–H groups in total. The van der Waals surface area contributed by atoms with E-state index in [-0.39, 0.29) is 0 Å². The van der Waals surface area contributed by atoms with Crippen LogP contribution in [-0.2, 0) is 0 Å². The van der Waals surface area contributed by atoms with Crippen molar-refractivity contribution < 1.29 is 0 Å². The summed E-state index contributed by atoms with van der Waals surface area (Å²) in [6.07, 6.45) is 0. The van der Waals surface area contributed by atoms with Crippen molar-refractivity contribution in [3.05, 3.63) is 243 Å². The highest BCUT2D eigenvalue weighted by molar-refractivity contribution is 6.06. The van der Waals surface area contributed by atoms with Crippen molar-refractivity contribution >= 4 is 16.4 Å². The lowest BCUT2D eigenvalue weighted by Gasteiger charge is -2.12. The molecule has 0 radical (unpaired) electrons. The second-order valence-electron chi connectivity index (χ2n) is 16.5. The van der Waals surface area contributed by atoms with Crippen LogP contribution in [0.2, 0.25) is 0 Å². The average molecular weight is 857 g/mol. The zero-order valence-electron chi connectivity index (χ0n) is 36.3. The van der Waals surface area contributed by atoms with Crippen molar-refractivity contribution in [1.29, 1.82) is 0 Å². The van der Waals surface area contributed by atoms with Crippen LogP contribution >= 0.6 is 0 Å². The van der Waals surface area contributed by atoms with Crippen LogP contribution in [-0.4, -0.2) is 29.3 Å². The fourth-order valence-corrected chi connectivity index (χ4v) is 8.89. The van der Waals surface area contributed by atoms with Gasteiger partial charge in [0.1, 0.15) is 11.5 Å². The van der Waals surface area contributed by atoms with Crippen molar-refractivity contribution in [2.45, 2.75) is 0 Å². The van der Waals surface area contributed by atoms with E-state index in [1.54, 1.807) is 0 Å². The first-order valence-electron chi connectivity index (χ1n) is 22.4. The maximum Gasteiger partial charge on any atom is 0.164 e. The minimum Gasteiger partial charge on any atom is -0.277 e. The quantitative estimate of drug-likeness (QED) is 0.145. The van der Waals surface area contributed by atoms with Gasteiger partial charge in [0.15, 0.2) is 23.3 Å². The van der Waals surface area contributed by atoms with Gasteiger partial charge < -0.3 is 0 Å². The monoisotopic (exact) mass is 856 g/mol. The van der Waals surface area contributed by atoms with E-state index in [0.29, 0.717) is 23.3 Å². The van der Waals surface area contributed by atoms with Gasteiger partial charge in [0.25, 0.3) is 0 Å². The van der Waals surface area contributed by atoms with Gasteiger partial charge in [-0.3, -0.25) is 4.40 Å². The highest BCUT2D eigenvalue weighted by Gasteiger charge is 2.21. The second-order valence-corrected chi connectivity index (χ2v) is 16.5. The molecule has 0 aliphatic carbocycles. The van der Waals surface area contributed by atoms with Gasteiger partial charge in [0.05, 0.1) is 5.69 Å². The van der Waals surface area contributed by atoms with Gasteiger partial charge in [-0.1, -0.05) is 243 Å². The molecule has 0 spiro atoms. The van der Waals surface area contributed by atoms with Crippen molar-refractivity contribution in [1.82, 2.24) is 29.3 Å². The Labute approximate surface area is 388 Å². The molecule has 3 aromatic heterocycles. The fourth-order valence-electron chi connectivity index (χ4n) is 8.89. The zero-order chi connectivity index (χ0) is 44.5. The lowest BCUT2D eigenvalue weighted by molar-refractivity contribution is 1.05. The van der Waals surface area contributed by atoms with Crippen LogP contribution in [0.1, 0.15) is 0 Å². The summed E-state index contributed by atoms with van der Waals surface area (Å²) in [4.78, 5) is 25.7. The molecule has 0 saturated heterocycles. The third-order valence-corrected chi connectivity index (χ3v) is 12.3. The Morgan fingerprint density at radius 2 is 0.493 bits per heavy atom. The van der Waals surface area contributed by atoms with E-state index in [2.05, 4.69) is 223 Å².